The molecule has 0 saturated carbocycles. The molecule has 0 aromatic heterocycles. The molecule has 0 unspecified atom stereocenters. The number of carbonyl (C=O) groups excluding carboxylic acids is 1. The molecule has 0 aliphatic carbocycles. The predicted octanol–water partition coefficient (Wildman–Crippen LogP) is -0.786. The molecule has 0 saturated heterocycles. The second kappa shape index (κ2) is 3.34. The summed E-state index contributed by atoms with van der Waals surface area (Å²) in [6.07, 6.45) is 0. The van der Waals surface area contributed by atoms with E-state index in [1.54, 1.807) is 0 Å². The minimum Gasteiger partial charge on any atom is -0.385 e. The van der Waals surface area contributed by atoms with Crippen LogP contribution in [-0.4, -0.2) is 13.0 Å². The first kappa shape index (κ1) is 8.29. The highest BCUT2D eigenvalue weighted by molar-refractivity contribution is 9.12. The summed E-state index contributed by atoms with van der Waals surface area (Å²) in [6, 6.07) is 0. The third-order valence-electron chi connectivity index (χ3n) is 0.680. The number of halogens is 1. The molecule has 52 valence electrons. The van der Waals surface area contributed by atoms with E-state index in [0.29, 0.717) is 0 Å². The summed E-state index contributed by atoms with van der Waals surface area (Å²) < 4.78 is 0.171. The molecule has 0 aliphatic heterocycles. The summed E-state index contributed by atoms with van der Waals surface area (Å²) in [5.74, 6) is -0.343. The van der Waals surface area contributed by atoms with Crippen LogP contribution in [0.15, 0.2) is 10.3 Å². The minimum atomic E-state index is -0.324. The third-order valence-corrected chi connectivity index (χ3v) is 1.50. The zero-order valence-electron chi connectivity index (χ0n) is 4.94. The zero-order valence-corrected chi connectivity index (χ0v) is 6.53. The largest absolute Gasteiger partial charge is 0.385 e. The fraction of sp³-hybridized carbons (Fsp3) is 0.250. The van der Waals surface area contributed by atoms with Crippen LogP contribution in [0.2, 0.25) is 0 Å². The number of nitrogens with one attached hydrogen (secondary N) is 1. The summed E-state index contributed by atoms with van der Waals surface area (Å²) in [7, 11) is 1.49. The fourth-order valence-corrected chi connectivity index (χ4v) is 0.439. The van der Waals surface area contributed by atoms with Crippen molar-refractivity contribution in [1.82, 2.24) is 5.32 Å². The van der Waals surface area contributed by atoms with Crippen LogP contribution in [0.1, 0.15) is 0 Å². The van der Waals surface area contributed by atoms with Gasteiger partial charge in [0.25, 0.3) is 5.91 Å². The van der Waals surface area contributed by atoms with Crippen LogP contribution in [0.5, 0.6) is 0 Å². The molecule has 0 atom stereocenters. The van der Waals surface area contributed by atoms with Gasteiger partial charge in [-0.05, 0) is 15.9 Å². The molecule has 0 fully saturated rings. The number of rotatable bonds is 1. The molecule has 0 spiro atoms. The average molecular weight is 194 g/mol. The van der Waals surface area contributed by atoms with Crippen molar-refractivity contribution in [3.8, 4) is 0 Å². The van der Waals surface area contributed by atoms with Crippen molar-refractivity contribution in [2.75, 3.05) is 7.05 Å². The quantitative estimate of drug-likeness (QED) is 0.478. The van der Waals surface area contributed by atoms with Crippen molar-refractivity contribution in [2.24, 2.45) is 11.5 Å². The highest BCUT2D eigenvalue weighted by Gasteiger charge is 2.04. The average Bonchev–Trinajstić information content (AvgIpc) is 1.84. The Hall–Kier alpha value is -0.710. The van der Waals surface area contributed by atoms with Crippen LogP contribution < -0.4 is 16.8 Å². The van der Waals surface area contributed by atoms with E-state index in [-0.39, 0.29) is 16.2 Å². The van der Waals surface area contributed by atoms with Gasteiger partial charge >= 0.3 is 0 Å². The van der Waals surface area contributed by atoms with Gasteiger partial charge in [-0.3, -0.25) is 4.79 Å². The van der Waals surface area contributed by atoms with Crippen molar-refractivity contribution >= 4 is 21.8 Å². The van der Waals surface area contributed by atoms with E-state index in [2.05, 4.69) is 21.2 Å². The molecule has 5 N–H and O–H groups in total. The lowest BCUT2D eigenvalue weighted by Gasteiger charge is -1.97. The normalized spacial score (nSPS) is 8.22. The van der Waals surface area contributed by atoms with Gasteiger partial charge in [-0.2, -0.15) is 0 Å². The van der Waals surface area contributed by atoms with Crippen LogP contribution in [0.3, 0.4) is 0 Å². The van der Waals surface area contributed by atoms with E-state index in [1.165, 1.54) is 7.05 Å². The summed E-state index contributed by atoms with van der Waals surface area (Å²) >= 11 is 2.89. The van der Waals surface area contributed by atoms with Gasteiger partial charge in [-0.1, -0.05) is 0 Å². The molecule has 0 aromatic carbocycles. The summed E-state index contributed by atoms with van der Waals surface area (Å²) in [6.45, 7) is 0. The number of likely N-dealkylation sites (N-methyl/N-ethyl adjacent to an activating group) is 1. The Morgan fingerprint density at radius 3 is 2.11 bits per heavy atom. The zero-order chi connectivity index (χ0) is 7.44. The molecule has 0 heterocycles. The fourth-order valence-electron chi connectivity index (χ4n) is 0.241. The Morgan fingerprint density at radius 1 is 1.56 bits per heavy atom. The lowest BCUT2D eigenvalue weighted by Crippen LogP contribution is -2.23. The SMILES string of the molecule is CNC(=O)C(Br)=C(N)N. The highest BCUT2D eigenvalue weighted by atomic mass is 79.9. The first-order valence-corrected chi connectivity index (χ1v) is 3.01. The molecule has 0 bridgehead atoms. The molecular formula is C4H8BrN3O. The van der Waals surface area contributed by atoms with Gasteiger partial charge in [0.2, 0.25) is 0 Å². The Kier molecular flexibility index (Phi) is 3.08. The van der Waals surface area contributed by atoms with Crippen molar-refractivity contribution in [3.05, 3.63) is 10.3 Å². The molecule has 4 nitrogen and oxygen atoms in total. The summed E-state index contributed by atoms with van der Waals surface area (Å²) in [5, 5.41) is 2.34. The maximum absolute atomic E-state index is 10.6. The van der Waals surface area contributed by atoms with Crippen LogP contribution in [0, 0.1) is 0 Å². The minimum absolute atomic E-state index is 0.0191. The molecular weight excluding hydrogens is 186 g/mol. The topological polar surface area (TPSA) is 81.1 Å². The van der Waals surface area contributed by atoms with Gasteiger partial charge in [0, 0.05) is 7.05 Å². The molecule has 5 heteroatoms. The third kappa shape index (κ3) is 2.36. The Labute approximate surface area is 61.4 Å². The molecule has 1 amide bonds. The maximum Gasteiger partial charge on any atom is 0.261 e. The number of carbonyl (C=O) groups is 1. The highest BCUT2D eigenvalue weighted by Crippen LogP contribution is 2.03. The Morgan fingerprint density at radius 2 is 2.00 bits per heavy atom. The van der Waals surface area contributed by atoms with Gasteiger partial charge in [0.05, 0.1) is 0 Å². The maximum atomic E-state index is 10.6. The van der Waals surface area contributed by atoms with Gasteiger partial charge in [0.1, 0.15) is 10.3 Å². The molecule has 9 heavy (non-hydrogen) atoms. The van der Waals surface area contributed by atoms with Crippen molar-refractivity contribution in [1.29, 1.82) is 0 Å². The van der Waals surface area contributed by atoms with Gasteiger partial charge in [-0.15, -0.1) is 0 Å². The number of amides is 1. The Bertz CT molecular complexity index is 150. The van der Waals surface area contributed by atoms with E-state index < -0.39 is 0 Å². The van der Waals surface area contributed by atoms with Crippen LogP contribution in [-0.2, 0) is 4.79 Å². The lowest BCUT2D eigenvalue weighted by atomic mass is 10.5. The molecule has 0 radical (unpaired) electrons. The number of nitrogens with two attached hydrogens (primary N) is 2. The second-order valence-corrected chi connectivity index (χ2v) is 2.14. The molecule has 0 aliphatic rings. The van der Waals surface area contributed by atoms with Gasteiger partial charge in [-0.25, -0.2) is 0 Å². The van der Waals surface area contributed by atoms with Crippen molar-refractivity contribution in [3.63, 3.8) is 0 Å². The smallest absolute Gasteiger partial charge is 0.261 e. The van der Waals surface area contributed by atoms with E-state index in [9.17, 15) is 4.79 Å². The second-order valence-electron chi connectivity index (χ2n) is 1.35. The first-order chi connectivity index (χ1) is 4.09. The summed E-state index contributed by atoms with van der Waals surface area (Å²) in [4.78, 5) is 10.6. The van der Waals surface area contributed by atoms with Crippen LogP contribution in [0.25, 0.3) is 0 Å². The van der Waals surface area contributed by atoms with E-state index >= 15 is 0 Å². The van der Waals surface area contributed by atoms with Crippen molar-refractivity contribution < 1.29 is 4.79 Å². The van der Waals surface area contributed by atoms with Crippen LogP contribution in [0.4, 0.5) is 0 Å². The standard InChI is InChI=1S/C4H8BrN3O/c1-8-4(9)2(5)3(6)7/h6-7H2,1H3,(H,8,9). The van der Waals surface area contributed by atoms with E-state index in [0.717, 1.165) is 0 Å². The summed E-state index contributed by atoms with van der Waals surface area (Å²) in [5.41, 5.74) is 10.1. The first-order valence-electron chi connectivity index (χ1n) is 2.22. The monoisotopic (exact) mass is 193 g/mol. The number of hydrogen-bond donors (Lipinski definition) is 3. The van der Waals surface area contributed by atoms with Gasteiger partial charge in [0.15, 0.2) is 0 Å². The lowest BCUT2D eigenvalue weighted by molar-refractivity contribution is -0.116. The molecule has 0 rings (SSSR count). The number of hydrogen-bond acceptors (Lipinski definition) is 3. The van der Waals surface area contributed by atoms with Crippen LogP contribution >= 0.6 is 15.9 Å². The van der Waals surface area contributed by atoms with Gasteiger partial charge < -0.3 is 16.8 Å². The van der Waals surface area contributed by atoms with E-state index in [4.69, 9.17) is 11.5 Å². The van der Waals surface area contributed by atoms with Crippen molar-refractivity contribution in [2.45, 2.75) is 0 Å². The Balaban J connectivity index is 4.21. The molecule has 0 aromatic rings. The van der Waals surface area contributed by atoms with E-state index in [1.807, 2.05) is 0 Å². The predicted molar refractivity (Wildman–Crippen MR) is 38.4 cm³/mol.